The molecule has 7 nitrogen and oxygen atoms in total. The third-order valence-electron chi connectivity index (χ3n) is 6.32. The van der Waals surface area contributed by atoms with Crippen LogP contribution in [0.3, 0.4) is 0 Å². The molecule has 2 aromatic rings. The molecule has 1 amide bonds. The maximum Gasteiger partial charge on any atom is 0.217 e. The second-order valence-electron chi connectivity index (χ2n) is 8.21. The van der Waals surface area contributed by atoms with E-state index in [4.69, 9.17) is 9.47 Å². The van der Waals surface area contributed by atoms with Crippen LogP contribution < -0.4 is 10.1 Å². The highest BCUT2D eigenvalue weighted by atomic mass is 16.5. The summed E-state index contributed by atoms with van der Waals surface area (Å²) in [4.78, 5) is 14.1. The highest BCUT2D eigenvalue weighted by Gasteiger charge is 2.42. The van der Waals surface area contributed by atoms with Crippen molar-refractivity contribution in [3.63, 3.8) is 0 Å². The van der Waals surface area contributed by atoms with Gasteiger partial charge in [0.05, 0.1) is 24.9 Å². The normalized spacial score (nSPS) is 26.9. The van der Waals surface area contributed by atoms with Gasteiger partial charge in [-0.2, -0.15) is 5.10 Å². The number of amides is 1. The highest BCUT2D eigenvalue weighted by Crippen LogP contribution is 2.38. The Bertz CT molecular complexity index is 839. The molecule has 0 radical (unpaired) electrons. The Morgan fingerprint density at radius 3 is 2.69 bits per heavy atom. The number of methoxy groups -OCH3 is 2. The number of hydrogen-bond donors (Lipinski definition) is 1. The van der Waals surface area contributed by atoms with Crippen LogP contribution in [-0.2, 0) is 16.1 Å². The fourth-order valence-electron chi connectivity index (χ4n) is 5.00. The molecule has 0 spiro atoms. The van der Waals surface area contributed by atoms with Crippen molar-refractivity contribution in [3.05, 3.63) is 42.2 Å². The minimum absolute atomic E-state index is 0.0191. The van der Waals surface area contributed by atoms with Crippen molar-refractivity contribution >= 4 is 5.91 Å². The monoisotopic (exact) mass is 398 g/mol. The minimum Gasteiger partial charge on any atom is -0.497 e. The van der Waals surface area contributed by atoms with Gasteiger partial charge >= 0.3 is 0 Å². The number of carbonyl (C=O) groups is 1. The lowest BCUT2D eigenvalue weighted by atomic mass is 9.77. The van der Waals surface area contributed by atoms with E-state index in [0.29, 0.717) is 11.8 Å². The third kappa shape index (κ3) is 4.31. The lowest BCUT2D eigenvalue weighted by Gasteiger charge is -2.37. The number of aromatic nitrogens is 2. The van der Waals surface area contributed by atoms with Crippen LogP contribution in [0.25, 0.3) is 5.69 Å². The molecule has 1 saturated carbocycles. The number of fused-ring (bicyclic) bond motifs is 1. The highest BCUT2D eigenvalue weighted by molar-refractivity contribution is 5.73. The zero-order valence-electron chi connectivity index (χ0n) is 17.4. The smallest absolute Gasteiger partial charge is 0.217 e. The molecule has 1 N–H and O–H groups in total. The lowest BCUT2D eigenvalue weighted by molar-refractivity contribution is -0.121. The zero-order chi connectivity index (χ0) is 20.4. The number of nitrogens with zero attached hydrogens (tertiary/aromatic N) is 3. The van der Waals surface area contributed by atoms with E-state index in [2.05, 4.69) is 27.4 Å². The number of likely N-dealkylation sites (tertiary alicyclic amines) is 1. The first-order valence-corrected chi connectivity index (χ1v) is 10.3. The summed E-state index contributed by atoms with van der Waals surface area (Å²) in [7, 11) is 3.45. The predicted octanol–water partition coefficient (Wildman–Crippen LogP) is 2.24. The molecule has 1 aromatic carbocycles. The van der Waals surface area contributed by atoms with Crippen molar-refractivity contribution in [2.45, 2.75) is 38.5 Å². The van der Waals surface area contributed by atoms with Gasteiger partial charge in [0.2, 0.25) is 5.91 Å². The van der Waals surface area contributed by atoms with Gasteiger partial charge in [-0.3, -0.25) is 9.69 Å². The summed E-state index contributed by atoms with van der Waals surface area (Å²) in [6.45, 7) is 4.52. The Morgan fingerprint density at radius 1 is 1.24 bits per heavy atom. The van der Waals surface area contributed by atoms with Crippen molar-refractivity contribution in [1.82, 2.24) is 20.0 Å². The summed E-state index contributed by atoms with van der Waals surface area (Å²) >= 11 is 0. The molecule has 0 unspecified atom stereocenters. The van der Waals surface area contributed by atoms with Crippen LogP contribution in [0.15, 0.2) is 36.7 Å². The van der Waals surface area contributed by atoms with Crippen molar-refractivity contribution in [1.29, 1.82) is 0 Å². The van der Waals surface area contributed by atoms with Gasteiger partial charge < -0.3 is 14.8 Å². The van der Waals surface area contributed by atoms with E-state index < -0.39 is 0 Å². The fourth-order valence-corrected chi connectivity index (χ4v) is 5.00. The molecule has 156 valence electrons. The van der Waals surface area contributed by atoms with E-state index in [1.165, 1.54) is 5.56 Å². The summed E-state index contributed by atoms with van der Waals surface area (Å²) in [5.74, 6) is 2.06. The van der Waals surface area contributed by atoms with Crippen LogP contribution in [0.1, 0.15) is 25.3 Å². The fraction of sp³-hybridized carbons (Fsp3) is 0.545. The molecule has 2 heterocycles. The van der Waals surface area contributed by atoms with Crippen LogP contribution >= 0.6 is 0 Å². The van der Waals surface area contributed by atoms with E-state index >= 15 is 0 Å². The summed E-state index contributed by atoms with van der Waals surface area (Å²) in [5.41, 5.74) is 2.28. The quantitative estimate of drug-likeness (QED) is 0.808. The zero-order valence-corrected chi connectivity index (χ0v) is 17.4. The van der Waals surface area contributed by atoms with E-state index in [1.807, 2.05) is 23.0 Å². The Kier molecular flexibility index (Phi) is 5.87. The molecule has 4 rings (SSSR count). The molecule has 1 aliphatic carbocycles. The summed E-state index contributed by atoms with van der Waals surface area (Å²) in [6, 6.07) is 8.20. The van der Waals surface area contributed by atoms with Crippen LogP contribution in [0.2, 0.25) is 0 Å². The topological polar surface area (TPSA) is 68.6 Å². The van der Waals surface area contributed by atoms with Gasteiger partial charge in [0.25, 0.3) is 0 Å². The molecular formula is C22H30N4O3. The molecule has 7 heteroatoms. The largest absolute Gasteiger partial charge is 0.497 e. The number of hydrogen-bond acceptors (Lipinski definition) is 5. The Labute approximate surface area is 172 Å². The number of ether oxygens (including phenoxy) is 2. The Morgan fingerprint density at radius 2 is 2.03 bits per heavy atom. The molecule has 4 atom stereocenters. The second kappa shape index (κ2) is 8.55. The molecule has 1 aliphatic heterocycles. The third-order valence-corrected chi connectivity index (χ3v) is 6.32. The molecule has 0 bridgehead atoms. The van der Waals surface area contributed by atoms with Gasteiger partial charge in [-0.15, -0.1) is 0 Å². The molecule has 1 saturated heterocycles. The van der Waals surface area contributed by atoms with Gasteiger partial charge in [0, 0.05) is 46.1 Å². The maximum absolute atomic E-state index is 11.6. The first-order valence-electron chi connectivity index (χ1n) is 10.3. The van der Waals surface area contributed by atoms with E-state index in [0.717, 1.165) is 43.9 Å². The van der Waals surface area contributed by atoms with Gasteiger partial charge in [-0.25, -0.2) is 4.68 Å². The van der Waals surface area contributed by atoms with Gasteiger partial charge in [-0.1, -0.05) is 0 Å². The molecule has 1 aromatic heterocycles. The molecule has 2 aliphatic rings. The number of nitrogens with one attached hydrogen (secondary N) is 1. The SMILES string of the molecule is COc1ccc(-n2cccn2)c(CN2C[C@H]3C[C@@H](NC(C)=O)[C@H](OC)C[C@H]3C2)c1. The average Bonchev–Trinajstić information content (AvgIpc) is 3.36. The molecule has 29 heavy (non-hydrogen) atoms. The minimum atomic E-state index is 0.0191. The molecule has 2 fully saturated rings. The van der Waals surface area contributed by atoms with Crippen molar-refractivity contribution < 1.29 is 14.3 Å². The number of carbonyl (C=O) groups excluding carboxylic acids is 1. The summed E-state index contributed by atoms with van der Waals surface area (Å²) in [6.07, 6.45) is 5.83. The predicted molar refractivity (Wildman–Crippen MR) is 110 cm³/mol. The van der Waals surface area contributed by atoms with Crippen molar-refractivity contribution in [2.75, 3.05) is 27.3 Å². The van der Waals surface area contributed by atoms with Crippen LogP contribution in [0.5, 0.6) is 5.75 Å². The number of benzene rings is 1. The standard InChI is InChI=1S/C22H30N4O3/c1-15(27)24-20-10-16-12-25(13-17(16)11-22(20)29-3)14-18-9-19(28-2)5-6-21(18)26-8-4-7-23-26/h4-9,16-17,20,22H,10-14H2,1-3H3,(H,24,27)/t16-,17+,20-,22-/m1/s1. The van der Waals surface area contributed by atoms with Crippen LogP contribution in [0, 0.1) is 11.8 Å². The van der Waals surface area contributed by atoms with Crippen molar-refractivity contribution in [3.8, 4) is 11.4 Å². The van der Waals surface area contributed by atoms with Gasteiger partial charge in [0.15, 0.2) is 0 Å². The number of rotatable bonds is 6. The van der Waals surface area contributed by atoms with Crippen molar-refractivity contribution in [2.24, 2.45) is 11.8 Å². The molecular weight excluding hydrogens is 368 g/mol. The van der Waals surface area contributed by atoms with E-state index in [9.17, 15) is 4.79 Å². The first-order chi connectivity index (χ1) is 14.1. The van der Waals surface area contributed by atoms with Gasteiger partial charge in [0.1, 0.15) is 5.75 Å². The summed E-state index contributed by atoms with van der Waals surface area (Å²) < 4.78 is 13.1. The first kappa shape index (κ1) is 19.9. The van der Waals surface area contributed by atoms with E-state index in [-0.39, 0.29) is 18.1 Å². The van der Waals surface area contributed by atoms with Crippen LogP contribution in [0.4, 0.5) is 0 Å². The second-order valence-corrected chi connectivity index (χ2v) is 8.21. The average molecular weight is 399 g/mol. The lowest BCUT2D eigenvalue weighted by Crippen LogP contribution is -2.49. The summed E-state index contributed by atoms with van der Waals surface area (Å²) in [5, 5.41) is 7.50. The van der Waals surface area contributed by atoms with Gasteiger partial charge in [-0.05, 0) is 54.5 Å². The Balaban J connectivity index is 1.50. The maximum atomic E-state index is 11.6. The van der Waals surface area contributed by atoms with Crippen LogP contribution in [-0.4, -0.2) is 60.0 Å². The Hall–Kier alpha value is -2.38. The van der Waals surface area contributed by atoms with E-state index in [1.54, 1.807) is 27.3 Å².